The van der Waals surface area contributed by atoms with Gasteiger partial charge in [0.2, 0.25) is 0 Å². The normalized spacial score (nSPS) is 10.7. The molecule has 6 nitrogen and oxygen atoms in total. The second-order valence-electron chi connectivity index (χ2n) is 6.49. The second kappa shape index (κ2) is 11.0. The van der Waals surface area contributed by atoms with Crippen molar-refractivity contribution < 1.29 is 14.3 Å². The molecule has 0 spiro atoms. The fourth-order valence-corrected chi connectivity index (χ4v) is 2.97. The van der Waals surface area contributed by atoms with Gasteiger partial charge in [-0.15, -0.1) is 0 Å². The summed E-state index contributed by atoms with van der Waals surface area (Å²) >= 11 is 11.8. The predicted molar refractivity (Wildman–Crippen MR) is 126 cm³/mol. The molecule has 2 amide bonds. The molecule has 0 saturated carbocycles. The van der Waals surface area contributed by atoms with Crippen molar-refractivity contribution in [2.75, 3.05) is 17.2 Å². The van der Waals surface area contributed by atoms with Crippen molar-refractivity contribution in [2.45, 2.75) is 0 Å². The van der Waals surface area contributed by atoms with Crippen LogP contribution in [-0.4, -0.2) is 18.4 Å². The van der Waals surface area contributed by atoms with Crippen LogP contribution in [0.5, 0.6) is 5.75 Å². The number of carbonyl (C=O) groups excluding carboxylic acids is 2. The van der Waals surface area contributed by atoms with E-state index in [0.717, 1.165) is 0 Å². The molecule has 3 aromatic carbocycles. The van der Waals surface area contributed by atoms with Gasteiger partial charge in [-0.25, -0.2) is 0 Å². The van der Waals surface area contributed by atoms with Gasteiger partial charge in [0.15, 0.2) is 6.61 Å². The highest BCUT2D eigenvalue weighted by Gasteiger charge is 2.12. The number of hydrogen-bond acceptors (Lipinski definition) is 4. The Morgan fingerprint density at radius 1 is 0.906 bits per heavy atom. The van der Waals surface area contributed by atoms with Gasteiger partial charge in [0, 0.05) is 16.9 Å². The van der Waals surface area contributed by atoms with E-state index in [2.05, 4.69) is 10.6 Å². The smallest absolute Gasteiger partial charge is 0.266 e. The highest BCUT2D eigenvalue weighted by Crippen LogP contribution is 2.25. The molecule has 0 saturated heterocycles. The Morgan fingerprint density at radius 3 is 2.34 bits per heavy atom. The maximum Gasteiger partial charge on any atom is 0.266 e. The number of hydrogen-bond donors (Lipinski definition) is 2. The first-order valence-electron chi connectivity index (χ1n) is 9.41. The molecule has 0 aliphatic carbocycles. The Bertz CT molecular complexity index is 1200. The standard InChI is InChI=1S/C24H17Cl2N3O3/c25-20-11-10-19(13-21(20)26)28-23(30)15-32-22-9-5-4-6-16(22)12-17(14-27)24(31)29-18-7-2-1-3-8-18/h1-13H,15H2,(H,28,30)(H,29,31)/b17-12+. The Morgan fingerprint density at radius 2 is 1.62 bits per heavy atom. The van der Waals surface area contributed by atoms with E-state index in [1.165, 1.54) is 12.1 Å². The van der Waals surface area contributed by atoms with Crippen molar-refractivity contribution >= 4 is 52.5 Å². The molecule has 0 radical (unpaired) electrons. The van der Waals surface area contributed by atoms with E-state index >= 15 is 0 Å². The summed E-state index contributed by atoms with van der Waals surface area (Å²) in [6, 6.07) is 22.2. The molecule has 3 aromatic rings. The number of halogens is 2. The Labute approximate surface area is 195 Å². The fraction of sp³-hybridized carbons (Fsp3) is 0.0417. The molecule has 0 aliphatic rings. The van der Waals surface area contributed by atoms with E-state index in [4.69, 9.17) is 27.9 Å². The molecule has 0 heterocycles. The van der Waals surface area contributed by atoms with E-state index in [0.29, 0.717) is 32.7 Å². The number of anilines is 2. The number of carbonyl (C=O) groups is 2. The van der Waals surface area contributed by atoms with Crippen LogP contribution in [0.1, 0.15) is 5.56 Å². The number of para-hydroxylation sites is 2. The van der Waals surface area contributed by atoms with E-state index in [-0.39, 0.29) is 12.2 Å². The summed E-state index contributed by atoms with van der Waals surface area (Å²) < 4.78 is 5.61. The highest BCUT2D eigenvalue weighted by molar-refractivity contribution is 6.42. The van der Waals surface area contributed by atoms with E-state index in [1.54, 1.807) is 60.7 Å². The van der Waals surface area contributed by atoms with Gasteiger partial charge in [-0.1, -0.05) is 59.6 Å². The average Bonchev–Trinajstić information content (AvgIpc) is 2.79. The zero-order chi connectivity index (χ0) is 22.9. The lowest BCUT2D eigenvalue weighted by Crippen LogP contribution is -2.20. The van der Waals surface area contributed by atoms with Gasteiger partial charge >= 0.3 is 0 Å². The molecular formula is C24H17Cl2N3O3. The summed E-state index contributed by atoms with van der Waals surface area (Å²) in [7, 11) is 0. The zero-order valence-corrected chi connectivity index (χ0v) is 18.2. The van der Waals surface area contributed by atoms with Crippen LogP contribution in [0.3, 0.4) is 0 Å². The van der Waals surface area contributed by atoms with Crippen LogP contribution in [0.25, 0.3) is 6.08 Å². The number of benzene rings is 3. The van der Waals surface area contributed by atoms with E-state index in [9.17, 15) is 14.9 Å². The monoisotopic (exact) mass is 465 g/mol. The number of nitrogens with one attached hydrogen (secondary N) is 2. The summed E-state index contributed by atoms with van der Waals surface area (Å²) in [6.07, 6.45) is 1.41. The molecule has 0 bridgehead atoms. The quantitative estimate of drug-likeness (QED) is 0.353. The zero-order valence-electron chi connectivity index (χ0n) is 16.6. The summed E-state index contributed by atoms with van der Waals surface area (Å²) in [4.78, 5) is 24.7. The largest absolute Gasteiger partial charge is 0.483 e. The second-order valence-corrected chi connectivity index (χ2v) is 7.31. The third-order valence-corrected chi connectivity index (χ3v) is 4.92. The van der Waals surface area contributed by atoms with Crippen LogP contribution in [0, 0.1) is 11.3 Å². The van der Waals surface area contributed by atoms with Crippen LogP contribution in [0.2, 0.25) is 10.0 Å². The summed E-state index contributed by atoms with van der Waals surface area (Å²) in [5.74, 6) is -0.618. The van der Waals surface area contributed by atoms with E-state index < -0.39 is 11.8 Å². The van der Waals surface area contributed by atoms with Gasteiger partial charge in [-0.3, -0.25) is 9.59 Å². The van der Waals surface area contributed by atoms with Crippen molar-refractivity contribution in [3.63, 3.8) is 0 Å². The minimum Gasteiger partial charge on any atom is -0.483 e. The number of rotatable bonds is 7. The molecule has 0 aliphatic heterocycles. The third kappa shape index (κ3) is 6.35. The molecule has 8 heteroatoms. The molecule has 3 rings (SSSR count). The Balaban J connectivity index is 1.69. The van der Waals surface area contributed by atoms with Gasteiger partial charge in [-0.2, -0.15) is 5.26 Å². The fourth-order valence-electron chi connectivity index (χ4n) is 2.67. The average molecular weight is 466 g/mol. The minimum atomic E-state index is -0.550. The van der Waals surface area contributed by atoms with Crippen LogP contribution in [0.15, 0.2) is 78.4 Å². The molecule has 0 fully saturated rings. The van der Waals surface area contributed by atoms with Crippen LogP contribution < -0.4 is 15.4 Å². The SMILES string of the molecule is N#C/C(=C\c1ccccc1OCC(=O)Nc1ccc(Cl)c(Cl)c1)C(=O)Nc1ccccc1. The first-order chi connectivity index (χ1) is 15.5. The summed E-state index contributed by atoms with van der Waals surface area (Å²) in [5, 5.41) is 15.5. The number of amides is 2. The van der Waals surface area contributed by atoms with Crippen LogP contribution >= 0.6 is 23.2 Å². The van der Waals surface area contributed by atoms with Crippen molar-refractivity contribution in [3.05, 3.63) is 94.0 Å². The molecule has 0 unspecified atom stereocenters. The maximum absolute atomic E-state index is 12.5. The van der Waals surface area contributed by atoms with Gasteiger partial charge in [0.25, 0.3) is 11.8 Å². The number of nitrogens with zero attached hydrogens (tertiary/aromatic N) is 1. The molecule has 0 aromatic heterocycles. The Kier molecular flexibility index (Phi) is 7.87. The van der Waals surface area contributed by atoms with Gasteiger partial charge in [-0.05, 0) is 42.5 Å². The third-order valence-electron chi connectivity index (χ3n) is 4.18. The lowest BCUT2D eigenvalue weighted by molar-refractivity contribution is -0.118. The predicted octanol–water partition coefficient (Wildman–Crippen LogP) is 5.56. The van der Waals surface area contributed by atoms with Crippen molar-refractivity contribution in [2.24, 2.45) is 0 Å². The van der Waals surface area contributed by atoms with Crippen LogP contribution in [-0.2, 0) is 9.59 Å². The number of nitriles is 1. The molecule has 32 heavy (non-hydrogen) atoms. The topological polar surface area (TPSA) is 91.2 Å². The van der Waals surface area contributed by atoms with E-state index in [1.807, 2.05) is 12.1 Å². The number of ether oxygens (including phenoxy) is 1. The first-order valence-corrected chi connectivity index (χ1v) is 10.2. The van der Waals surface area contributed by atoms with Crippen LogP contribution in [0.4, 0.5) is 11.4 Å². The molecule has 0 atom stereocenters. The molecule has 160 valence electrons. The maximum atomic E-state index is 12.5. The Hall–Kier alpha value is -3.79. The summed E-state index contributed by atoms with van der Waals surface area (Å²) in [6.45, 7) is -0.288. The van der Waals surface area contributed by atoms with Crippen molar-refractivity contribution in [1.29, 1.82) is 5.26 Å². The molecular weight excluding hydrogens is 449 g/mol. The first kappa shape index (κ1) is 22.9. The lowest BCUT2D eigenvalue weighted by Gasteiger charge is -2.11. The van der Waals surface area contributed by atoms with Gasteiger partial charge in [0.05, 0.1) is 10.0 Å². The van der Waals surface area contributed by atoms with Gasteiger partial charge < -0.3 is 15.4 Å². The molecule has 2 N–H and O–H groups in total. The highest BCUT2D eigenvalue weighted by atomic mass is 35.5. The minimum absolute atomic E-state index is 0.106. The van der Waals surface area contributed by atoms with Gasteiger partial charge in [0.1, 0.15) is 17.4 Å². The van der Waals surface area contributed by atoms with Crippen molar-refractivity contribution in [3.8, 4) is 11.8 Å². The van der Waals surface area contributed by atoms with Crippen molar-refractivity contribution in [1.82, 2.24) is 0 Å². The summed E-state index contributed by atoms with van der Waals surface area (Å²) in [5.41, 5.74) is 1.42. The lowest BCUT2D eigenvalue weighted by atomic mass is 10.1.